The van der Waals surface area contributed by atoms with Crippen molar-refractivity contribution in [3.05, 3.63) is 23.8 Å². The SMILES string of the molecule is COc1ccc(C(=O)NCC(=O)N(CCO)OC)cc1OC. The number of carbonyl (C=O) groups excluding carboxylic acids is 2. The second-order valence-corrected chi connectivity index (χ2v) is 4.15. The number of benzene rings is 1. The van der Waals surface area contributed by atoms with Gasteiger partial charge in [0.2, 0.25) is 0 Å². The summed E-state index contributed by atoms with van der Waals surface area (Å²) in [5.41, 5.74) is 0.330. The number of ether oxygens (including phenoxy) is 2. The fraction of sp³-hybridized carbons (Fsp3) is 0.429. The highest BCUT2D eigenvalue weighted by Crippen LogP contribution is 2.27. The van der Waals surface area contributed by atoms with Crippen molar-refractivity contribution in [3.8, 4) is 11.5 Å². The van der Waals surface area contributed by atoms with E-state index in [1.54, 1.807) is 12.1 Å². The lowest BCUT2D eigenvalue weighted by Gasteiger charge is -2.18. The molecule has 0 saturated heterocycles. The molecule has 22 heavy (non-hydrogen) atoms. The van der Waals surface area contributed by atoms with Crippen LogP contribution in [0.5, 0.6) is 11.5 Å². The molecule has 2 amide bonds. The third-order valence-corrected chi connectivity index (χ3v) is 2.85. The molecule has 0 aromatic heterocycles. The van der Waals surface area contributed by atoms with Gasteiger partial charge in [-0.1, -0.05) is 0 Å². The Labute approximate surface area is 128 Å². The third-order valence-electron chi connectivity index (χ3n) is 2.85. The predicted molar refractivity (Wildman–Crippen MR) is 77.7 cm³/mol. The van der Waals surface area contributed by atoms with Crippen molar-refractivity contribution >= 4 is 11.8 Å². The summed E-state index contributed by atoms with van der Waals surface area (Å²) in [6, 6.07) is 4.67. The van der Waals surface area contributed by atoms with E-state index >= 15 is 0 Å². The summed E-state index contributed by atoms with van der Waals surface area (Å²) >= 11 is 0. The van der Waals surface area contributed by atoms with E-state index in [1.807, 2.05) is 0 Å². The van der Waals surface area contributed by atoms with Crippen LogP contribution in [0.25, 0.3) is 0 Å². The first-order valence-electron chi connectivity index (χ1n) is 6.53. The smallest absolute Gasteiger partial charge is 0.265 e. The standard InChI is InChI=1S/C14H20N2O6/c1-20-11-5-4-10(8-12(11)21-2)14(19)15-9-13(18)16(22-3)6-7-17/h4-5,8,17H,6-7,9H2,1-3H3,(H,15,19). The zero-order valence-corrected chi connectivity index (χ0v) is 12.8. The molecule has 0 fully saturated rings. The number of methoxy groups -OCH3 is 2. The van der Waals surface area contributed by atoms with E-state index in [0.717, 1.165) is 5.06 Å². The highest BCUT2D eigenvalue weighted by atomic mass is 16.7. The van der Waals surface area contributed by atoms with Gasteiger partial charge in [-0.15, -0.1) is 0 Å². The zero-order valence-electron chi connectivity index (χ0n) is 12.8. The molecule has 0 saturated carbocycles. The van der Waals surface area contributed by atoms with Crippen LogP contribution >= 0.6 is 0 Å². The minimum absolute atomic E-state index is 0.0293. The number of hydrogen-bond donors (Lipinski definition) is 2. The molecule has 122 valence electrons. The van der Waals surface area contributed by atoms with Gasteiger partial charge in [0.1, 0.15) is 0 Å². The Morgan fingerprint density at radius 2 is 1.86 bits per heavy atom. The first kappa shape index (κ1) is 17.7. The molecule has 0 aliphatic rings. The van der Waals surface area contributed by atoms with Gasteiger partial charge in [-0.3, -0.25) is 14.4 Å². The molecule has 1 aromatic rings. The first-order valence-corrected chi connectivity index (χ1v) is 6.53. The minimum atomic E-state index is -0.467. The van der Waals surface area contributed by atoms with Crippen LogP contribution in [0.3, 0.4) is 0 Å². The lowest BCUT2D eigenvalue weighted by Crippen LogP contribution is -2.40. The summed E-state index contributed by atoms with van der Waals surface area (Å²) in [6.45, 7) is -0.453. The Morgan fingerprint density at radius 1 is 1.18 bits per heavy atom. The fourth-order valence-electron chi connectivity index (χ4n) is 1.73. The van der Waals surface area contributed by atoms with Crippen molar-refractivity contribution in [1.29, 1.82) is 0 Å². The molecule has 0 spiro atoms. The molecule has 0 unspecified atom stereocenters. The Kier molecular flexibility index (Phi) is 7.14. The topological polar surface area (TPSA) is 97.3 Å². The first-order chi connectivity index (χ1) is 10.6. The number of nitrogens with zero attached hydrogens (tertiary/aromatic N) is 1. The Bertz CT molecular complexity index is 520. The van der Waals surface area contributed by atoms with Crippen molar-refractivity contribution in [2.45, 2.75) is 0 Å². The van der Waals surface area contributed by atoms with Gasteiger partial charge in [0.05, 0.1) is 41.0 Å². The number of hydroxylamine groups is 2. The second kappa shape index (κ2) is 8.85. The molecule has 1 rings (SSSR count). The van der Waals surface area contributed by atoms with Crippen molar-refractivity contribution in [2.24, 2.45) is 0 Å². The molecule has 8 heteroatoms. The van der Waals surface area contributed by atoms with Crippen LogP contribution in [0.1, 0.15) is 10.4 Å². The van der Waals surface area contributed by atoms with Crippen molar-refractivity contribution in [3.63, 3.8) is 0 Å². The van der Waals surface area contributed by atoms with Crippen molar-refractivity contribution < 1.29 is 29.0 Å². The maximum absolute atomic E-state index is 12.0. The highest BCUT2D eigenvalue weighted by Gasteiger charge is 2.15. The van der Waals surface area contributed by atoms with E-state index in [9.17, 15) is 9.59 Å². The van der Waals surface area contributed by atoms with E-state index in [1.165, 1.54) is 27.4 Å². The van der Waals surface area contributed by atoms with Crippen molar-refractivity contribution in [1.82, 2.24) is 10.4 Å². The quantitative estimate of drug-likeness (QED) is 0.646. The normalized spacial score (nSPS) is 10.0. The number of aliphatic hydroxyl groups excluding tert-OH is 1. The summed E-state index contributed by atoms with van der Waals surface area (Å²) in [5, 5.41) is 12.2. The maximum Gasteiger partial charge on any atom is 0.265 e. The monoisotopic (exact) mass is 312 g/mol. The Hall–Kier alpha value is -2.32. The number of nitrogens with one attached hydrogen (secondary N) is 1. The van der Waals surface area contributed by atoms with E-state index in [-0.39, 0.29) is 19.7 Å². The molecule has 0 heterocycles. The summed E-state index contributed by atoms with van der Waals surface area (Å²) in [7, 11) is 4.27. The van der Waals surface area contributed by atoms with Gasteiger partial charge < -0.3 is 19.9 Å². The fourth-order valence-corrected chi connectivity index (χ4v) is 1.73. The van der Waals surface area contributed by atoms with Gasteiger partial charge in [0.25, 0.3) is 11.8 Å². The number of hydrogen-bond acceptors (Lipinski definition) is 6. The maximum atomic E-state index is 12.0. The molecular formula is C14H20N2O6. The number of rotatable bonds is 8. The van der Waals surface area contributed by atoms with E-state index in [4.69, 9.17) is 19.4 Å². The average molecular weight is 312 g/mol. The number of amides is 2. The number of carbonyl (C=O) groups is 2. The summed E-state index contributed by atoms with van der Waals surface area (Å²) in [6.07, 6.45) is 0. The Morgan fingerprint density at radius 3 is 2.41 bits per heavy atom. The summed E-state index contributed by atoms with van der Waals surface area (Å²) < 4.78 is 10.2. The minimum Gasteiger partial charge on any atom is -0.493 e. The van der Waals surface area contributed by atoms with Crippen LogP contribution in [0.15, 0.2) is 18.2 Å². The van der Waals surface area contributed by atoms with E-state index in [0.29, 0.717) is 17.1 Å². The second-order valence-electron chi connectivity index (χ2n) is 4.15. The third kappa shape index (κ3) is 4.61. The summed E-state index contributed by atoms with van der Waals surface area (Å²) in [5.74, 6) is 0.0173. The molecule has 2 N–H and O–H groups in total. The molecule has 0 aliphatic carbocycles. The molecule has 0 atom stereocenters. The molecule has 0 bridgehead atoms. The van der Waals surface area contributed by atoms with Crippen LogP contribution in [0.2, 0.25) is 0 Å². The van der Waals surface area contributed by atoms with Crippen LogP contribution in [-0.4, -0.2) is 63.0 Å². The van der Waals surface area contributed by atoms with E-state index < -0.39 is 11.8 Å². The largest absolute Gasteiger partial charge is 0.493 e. The summed E-state index contributed by atoms with van der Waals surface area (Å²) in [4.78, 5) is 28.6. The highest BCUT2D eigenvalue weighted by molar-refractivity contribution is 5.96. The van der Waals surface area contributed by atoms with Crippen LogP contribution in [-0.2, 0) is 9.63 Å². The molecule has 0 radical (unpaired) electrons. The molecule has 0 aliphatic heterocycles. The van der Waals surface area contributed by atoms with Crippen LogP contribution in [0.4, 0.5) is 0 Å². The van der Waals surface area contributed by atoms with Crippen LogP contribution in [0, 0.1) is 0 Å². The van der Waals surface area contributed by atoms with Gasteiger partial charge >= 0.3 is 0 Å². The van der Waals surface area contributed by atoms with Gasteiger partial charge in [-0.05, 0) is 18.2 Å². The van der Waals surface area contributed by atoms with Gasteiger partial charge in [-0.2, -0.15) is 0 Å². The predicted octanol–water partition coefficient (Wildman–Crippen LogP) is -0.184. The average Bonchev–Trinajstić information content (AvgIpc) is 2.56. The molecular weight excluding hydrogens is 292 g/mol. The lowest BCUT2D eigenvalue weighted by atomic mass is 10.2. The van der Waals surface area contributed by atoms with Crippen molar-refractivity contribution in [2.75, 3.05) is 41.0 Å². The van der Waals surface area contributed by atoms with E-state index in [2.05, 4.69) is 5.32 Å². The Balaban J connectivity index is 2.67. The van der Waals surface area contributed by atoms with Gasteiger partial charge in [-0.25, -0.2) is 5.06 Å². The van der Waals surface area contributed by atoms with Gasteiger partial charge in [0, 0.05) is 5.56 Å². The molecule has 8 nitrogen and oxygen atoms in total. The zero-order chi connectivity index (χ0) is 16.5. The molecule has 1 aromatic carbocycles. The van der Waals surface area contributed by atoms with Crippen LogP contribution < -0.4 is 14.8 Å². The lowest BCUT2D eigenvalue weighted by molar-refractivity contribution is -0.176. The number of aliphatic hydroxyl groups is 1. The van der Waals surface area contributed by atoms with Gasteiger partial charge in [0.15, 0.2) is 11.5 Å².